The molecular weight excluding hydrogens is 321 g/mol. The molecule has 1 heterocycles. The summed E-state index contributed by atoms with van der Waals surface area (Å²) in [5.74, 6) is -0.978. The van der Waals surface area contributed by atoms with E-state index in [-0.39, 0.29) is 17.3 Å². The Morgan fingerprint density at radius 2 is 2.05 bits per heavy atom. The zero-order valence-corrected chi connectivity index (χ0v) is 12.3. The highest BCUT2D eigenvalue weighted by atomic mass is 79.9. The average molecular weight is 334 g/mol. The van der Waals surface area contributed by atoms with E-state index in [1.165, 1.54) is 6.07 Å². The maximum Gasteiger partial charge on any atom is 0.174 e. The summed E-state index contributed by atoms with van der Waals surface area (Å²) in [6.45, 7) is 1.29. The van der Waals surface area contributed by atoms with Crippen LogP contribution in [0.25, 0.3) is 0 Å². The Morgan fingerprint density at radius 1 is 1.25 bits per heavy atom. The van der Waals surface area contributed by atoms with Gasteiger partial charge in [0, 0.05) is 17.6 Å². The van der Waals surface area contributed by atoms with E-state index in [1.807, 2.05) is 24.3 Å². The lowest BCUT2D eigenvalue weighted by Crippen LogP contribution is -2.33. The lowest BCUT2D eigenvalue weighted by Gasteiger charge is -2.25. The summed E-state index contributed by atoms with van der Waals surface area (Å²) in [4.78, 5) is 12.6. The molecule has 0 fully saturated rings. The van der Waals surface area contributed by atoms with Crippen molar-refractivity contribution in [2.45, 2.75) is 12.5 Å². The van der Waals surface area contributed by atoms with Crippen LogP contribution < -0.4 is 5.32 Å². The number of ketones is 1. The molecule has 1 atom stereocenters. The zero-order valence-electron chi connectivity index (χ0n) is 10.7. The monoisotopic (exact) mass is 333 g/mol. The average Bonchev–Trinajstić information content (AvgIpc) is 2.48. The van der Waals surface area contributed by atoms with Crippen LogP contribution in [0.5, 0.6) is 0 Å². The maximum absolute atomic E-state index is 13.9. The van der Waals surface area contributed by atoms with Crippen LogP contribution in [-0.2, 0) is 6.54 Å². The first-order valence-corrected chi connectivity index (χ1v) is 7.24. The van der Waals surface area contributed by atoms with Crippen LogP contribution >= 0.6 is 15.9 Å². The minimum absolute atomic E-state index is 0.142. The second-order valence-electron chi connectivity index (χ2n) is 4.87. The number of carbonyl (C=O) groups excluding carboxylic acids is 1. The minimum Gasteiger partial charge on any atom is -0.312 e. The van der Waals surface area contributed by atoms with Crippen molar-refractivity contribution in [2.24, 2.45) is 0 Å². The highest BCUT2D eigenvalue weighted by Crippen LogP contribution is 2.28. The highest BCUT2D eigenvalue weighted by Gasteiger charge is 2.28. The Balaban J connectivity index is 2.02. The number of halogens is 2. The van der Waals surface area contributed by atoms with Crippen LogP contribution in [0.2, 0.25) is 0 Å². The fraction of sp³-hybridized carbons (Fsp3) is 0.188. The fourth-order valence-corrected chi connectivity index (χ4v) is 2.97. The summed E-state index contributed by atoms with van der Waals surface area (Å²) >= 11 is 3.29. The molecule has 2 aromatic carbocycles. The molecule has 0 aliphatic carbocycles. The Bertz CT molecular complexity index is 671. The van der Waals surface area contributed by atoms with Crippen molar-refractivity contribution in [3.8, 4) is 0 Å². The normalized spacial score (nSPS) is 17.6. The molecule has 0 saturated carbocycles. The first kappa shape index (κ1) is 13.5. The van der Waals surface area contributed by atoms with E-state index in [2.05, 4.69) is 21.2 Å². The predicted octanol–water partition coefficient (Wildman–Crippen LogP) is 3.66. The first-order valence-electron chi connectivity index (χ1n) is 6.44. The number of rotatable bonds is 2. The molecule has 20 heavy (non-hydrogen) atoms. The molecule has 0 amide bonds. The Labute approximate surface area is 125 Å². The Kier molecular flexibility index (Phi) is 3.68. The maximum atomic E-state index is 13.9. The molecule has 0 saturated heterocycles. The smallest absolute Gasteiger partial charge is 0.174 e. The number of hydrogen-bond acceptors (Lipinski definition) is 2. The number of benzene rings is 2. The number of fused-ring (bicyclic) bond motifs is 1. The van der Waals surface area contributed by atoms with Gasteiger partial charge in [0.1, 0.15) is 5.82 Å². The molecule has 1 aliphatic heterocycles. The van der Waals surface area contributed by atoms with Crippen LogP contribution in [0.15, 0.2) is 46.9 Å². The van der Waals surface area contributed by atoms with Gasteiger partial charge in [-0.1, -0.05) is 40.2 Å². The number of Topliss-reactive ketones (excluding diaryl/α,β-unsaturated/α-hetero) is 1. The van der Waals surface area contributed by atoms with Crippen LogP contribution in [0.4, 0.5) is 4.39 Å². The van der Waals surface area contributed by atoms with E-state index in [0.29, 0.717) is 11.0 Å². The summed E-state index contributed by atoms with van der Waals surface area (Å²) in [5, 5.41) is 3.22. The van der Waals surface area contributed by atoms with Gasteiger partial charge < -0.3 is 5.32 Å². The SMILES string of the molecule is O=C(c1cc(Br)ccc1F)C1CNCc2ccccc21. The predicted molar refractivity (Wildman–Crippen MR) is 79.3 cm³/mol. The molecular formula is C16H13BrFNO. The van der Waals surface area contributed by atoms with E-state index < -0.39 is 5.82 Å². The highest BCUT2D eigenvalue weighted by molar-refractivity contribution is 9.10. The second-order valence-corrected chi connectivity index (χ2v) is 5.79. The zero-order chi connectivity index (χ0) is 14.1. The molecule has 0 radical (unpaired) electrons. The molecule has 4 heteroatoms. The third-order valence-corrected chi connectivity index (χ3v) is 4.10. The first-order chi connectivity index (χ1) is 9.66. The molecule has 0 aromatic heterocycles. The summed E-state index contributed by atoms with van der Waals surface area (Å²) in [6, 6.07) is 12.3. The van der Waals surface area contributed by atoms with E-state index >= 15 is 0 Å². The topological polar surface area (TPSA) is 29.1 Å². The molecule has 1 aliphatic rings. The van der Waals surface area contributed by atoms with Crippen molar-refractivity contribution in [2.75, 3.05) is 6.54 Å². The molecule has 2 aromatic rings. The van der Waals surface area contributed by atoms with Crippen LogP contribution in [0, 0.1) is 5.82 Å². The second kappa shape index (κ2) is 5.46. The largest absolute Gasteiger partial charge is 0.312 e. The standard InChI is InChI=1S/C16H13BrFNO/c17-11-5-6-15(18)13(7-11)16(20)14-9-19-8-10-3-1-2-4-12(10)14/h1-7,14,19H,8-9H2. The van der Waals surface area contributed by atoms with Crippen molar-refractivity contribution in [3.05, 3.63) is 69.4 Å². The van der Waals surface area contributed by atoms with Gasteiger partial charge in [0.2, 0.25) is 0 Å². The van der Waals surface area contributed by atoms with Gasteiger partial charge in [0.25, 0.3) is 0 Å². The quantitative estimate of drug-likeness (QED) is 0.850. The van der Waals surface area contributed by atoms with Gasteiger partial charge in [-0.25, -0.2) is 4.39 Å². The lowest BCUT2D eigenvalue weighted by atomic mass is 9.85. The summed E-state index contributed by atoms with van der Waals surface area (Å²) in [7, 11) is 0. The van der Waals surface area contributed by atoms with Crippen molar-refractivity contribution in [1.29, 1.82) is 0 Å². The molecule has 0 spiro atoms. The van der Waals surface area contributed by atoms with Gasteiger partial charge in [-0.3, -0.25) is 4.79 Å². The summed E-state index contributed by atoms with van der Waals surface area (Å²) in [5.41, 5.74) is 2.24. The van der Waals surface area contributed by atoms with Crippen LogP contribution in [-0.4, -0.2) is 12.3 Å². The summed E-state index contributed by atoms with van der Waals surface area (Å²) < 4.78 is 14.6. The molecule has 1 unspecified atom stereocenters. The van der Waals surface area contributed by atoms with Crippen LogP contribution in [0.1, 0.15) is 27.4 Å². The fourth-order valence-electron chi connectivity index (χ4n) is 2.60. The lowest BCUT2D eigenvalue weighted by molar-refractivity contribution is 0.0951. The van der Waals surface area contributed by atoms with E-state index in [1.54, 1.807) is 12.1 Å². The minimum atomic E-state index is -0.471. The third kappa shape index (κ3) is 2.41. The number of nitrogens with one attached hydrogen (secondary N) is 1. The van der Waals surface area contributed by atoms with Crippen molar-refractivity contribution in [3.63, 3.8) is 0 Å². The number of carbonyl (C=O) groups is 1. The molecule has 0 bridgehead atoms. The van der Waals surface area contributed by atoms with Gasteiger partial charge in [-0.05, 0) is 29.3 Å². The third-order valence-electron chi connectivity index (χ3n) is 3.60. The van der Waals surface area contributed by atoms with Gasteiger partial charge in [-0.15, -0.1) is 0 Å². The van der Waals surface area contributed by atoms with Gasteiger partial charge in [-0.2, -0.15) is 0 Å². The van der Waals surface area contributed by atoms with Crippen molar-refractivity contribution < 1.29 is 9.18 Å². The van der Waals surface area contributed by atoms with Gasteiger partial charge in [0.15, 0.2) is 5.78 Å². The van der Waals surface area contributed by atoms with Crippen molar-refractivity contribution in [1.82, 2.24) is 5.32 Å². The number of hydrogen-bond donors (Lipinski definition) is 1. The summed E-state index contributed by atoms with van der Waals surface area (Å²) in [6.07, 6.45) is 0. The van der Waals surface area contributed by atoms with Gasteiger partial charge in [0.05, 0.1) is 11.5 Å². The Hall–Kier alpha value is -1.52. The Morgan fingerprint density at radius 3 is 2.90 bits per heavy atom. The van der Waals surface area contributed by atoms with Crippen molar-refractivity contribution >= 4 is 21.7 Å². The molecule has 2 nitrogen and oxygen atoms in total. The molecule has 1 N–H and O–H groups in total. The molecule has 102 valence electrons. The van der Waals surface area contributed by atoms with E-state index in [4.69, 9.17) is 0 Å². The van der Waals surface area contributed by atoms with Crippen LogP contribution in [0.3, 0.4) is 0 Å². The molecule has 3 rings (SSSR count). The van der Waals surface area contributed by atoms with Gasteiger partial charge >= 0.3 is 0 Å². The van der Waals surface area contributed by atoms with E-state index in [9.17, 15) is 9.18 Å². The van der Waals surface area contributed by atoms with E-state index in [0.717, 1.165) is 17.7 Å².